The maximum Gasteiger partial charge on any atom is 0.264 e. The molecule has 196 valence electrons. The molecule has 0 unspecified atom stereocenters. The highest BCUT2D eigenvalue weighted by Gasteiger charge is 2.34. The molecular weight excluding hydrogens is 514 g/mol. The Balaban J connectivity index is 2.08. The predicted molar refractivity (Wildman–Crippen MR) is 144 cm³/mol. The quantitative estimate of drug-likeness (QED) is 0.393. The van der Waals surface area contributed by atoms with E-state index in [4.69, 9.17) is 16.3 Å². The van der Waals surface area contributed by atoms with E-state index in [0.717, 1.165) is 9.87 Å². The number of hydrogen-bond donors (Lipinski definition) is 1. The van der Waals surface area contributed by atoms with E-state index in [1.165, 1.54) is 31.2 Å². The number of sulfonamides is 1. The molecule has 8 nitrogen and oxygen atoms in total. The molecule has 37 heavy (non-hydrogen) atoms. The molecule has 3 aromatic carbocycles. The average Bonchev–Trinajstić information content (AvgIpc) is 2.92. The number of halogens is 1. The third-order valence-corrected chi connectivity index (χ3v) is 7.89. The summed E-state index contributed by atoms with van der Waals surface area (Å²) in [5.74, 6) is -0.604. The first kappa shape index (κ1) is 28.0. The third kappa shape index (κ3) is 6.61. The minimum absolute atomic E-state index is 0.0244. The molecule has 0 aromatic heterocycles. The molecule has 1 atom stereocenters. The van der Waals surface area contributed by atoms with Crippen LogP contribution in [0.15, 0.2) is 83.8 Å². The SMILES string of the molecule is CC[C@@H](C(=O)NC)N(Cc1ccc(Cl)cc1)C(=O)CN(c1ccccc1OC)S(=O)(=O)c1ccccc1. The lowest BCUT2D eigenvalue weighted by atomic mass is 10.1. The van der Waals surface area contributed by atoms with Crippen LogP contribution in [0.1, 0.15) is 18.9 Å². The summed E-state index contributed by atoms with van der Waals surface area (Å²) in [5, 5.41) is 3.14. The van der Waals surface area contributed by atoms with E-state index < -0.39 is 28.5 Å². The third-order valence-electron chi connectivity index (χ3n) is 5.86. The van der Waals surface area contributed by atoms with E-state index in [0.29, 0.717) is 11.4 Å². The minimum atomic E-state index is -4.16. The Morgan fingerprint density at radius 2 is 1.59 bits per heavy atom. The summed E-state index contributed by atoms with van der Waals surface area (Å²) in [6, 6.07) is 20.5. The van der Waals surface area contributed by atoms with E-state index in [1.807, 2.05) is 0 Å². The highest BCUT2D eigenvalue weighted by molar-refractivity contribution is 7.92. The number of carbonyl (C=O) groups excluding carboxylic acids is 2. The van der Waals surface area contributed by atoms with E-state index in [1.54, 1.807) is 73.7 Å². The largest absolute Gasteiger partial charge is 0.495 e. The van der Waals surface area contributed by atoms with Crippen molar-refractivity contribution in [3.8, 4) is 5.75 Å². The Bertz CT molecular complexity index is 1320. The first-order chi connectivity index (χ1) is 17.7. The van der Waals surface area contributed by atoms with Gasteiger partial charge in [-0.15, -0.1) is 0 Å². The molecule has 10 heteroatoms. The van der Waals surface area contributed by atoms with E-state index in [-0.39, 0.29) is 28.8 Å². The Morgan fingerprint density at radius 1 is 0.973 bits per heavy atom. The number of rotatable bonds is 11. The Kier molecular flexibility index (Phi) is 9.54. The summed E-state index contributed by atoms with van der Waals surface area (Å²) in [7, 11) is -1.24. The van der Waals surface area contributed by atoms with Crippen molar-refractivity contribution in [2.75, 3.05) is 25.0 Å². The highest BCUT2D eigenvalue weighted by Crippen LogP contribution is 2.32. The fourth-order valence-corrected chi connectivity index (χ4v) is 5.51. The lowest BCUT2D eigenvalue weighted by Crippen LogP contribution is -2.51. The number of anilines is 1. The van der Waals surface area contributed by atoms with Crippen molar-refractivity contribution < 1.29 is 22.7 Å². The van der Waals surface area contributed by atoms with Crippen molar-refractivity contribution in [3.63, 3.8) is 0 Å². The fraction of sp³-hybridized carbons (Fsp3) is 0.259. The zero-order valence-corrected chi connectivity index (χ0v) is 22.5. The summed E-state index contributed by atoms with van der Waals surface area (Å²) < 4.78 is 34.0. The molecule has 0 spiro atoms. The molecule has 1 N–H and O–H groups in total. The molecule has 2 amide bonds. The zero-order valence-electron chi connectivity index (χ0n) is 20.9. The number of para-hydroxylation sites is 2. The van der Waals surface area contributed by atoms with Crippen molar-refractivity contribution in [2.45, 2.75) is 30.8 Å². The minimum Gasteiger partial charge on any atom is -0.495 e. The smallest absolute Gasteiger partial charge is 0.264 e. The molecule has 0 aliphatic heterocycles. The first-order valence-electron chi connectivity index (χ1n) is 11.7. The van der Waals surface area contributed by atoms with Gasteiger partial charge in [0.1, 0.15) is 18.3 Å². The second-order valence-corrected chi connectivity index (χ2v) is 10.5. The van der Waals surface area contributed by atoms with E-state index >= 15 is 0 Å². The molecule has 0 heterocycles. The number of likely N-dealkylation sites (N-methyl/N-ethyl adjacent to an activating group) is 1. The Morgan fingerprint density at radius 3 is 2.19 bits per heavy atom. The van der Waals surface area contributed by atoms with Crippen LogP contribution in [-0.4, -0.2) is 51.9 Å². The summed E-state index contributed by atoms with van der Waals surface area (Å²) in [4.78, 5) is 28.0. The maximum absolute atomic E-state index is 13.9. The molecule has 0 saturated carbocycles. The van der Waals surface area contributed by atoms with Crippen molar-refractivity contribution >= 4 is 39.1 Å². The van der Waals surface area contributed by atoms with Crippen LogP contribution in [0.4, 0.5) is 5.69 Å². The first-order valence-corrected chi connectivity index (χ1v) is 13.5. The van der Waals surface area contributed by atoms with E-state index in [9.17, 15) is 18.0 Å². The summed E-state index contributed by atoms with van der Waals surface area (Å²) in [6.07, 6.45) is 0.332. The standard InChI is InChI=1S/C27H30ClN3O5S/c1-4-23(27(33)29-2)30(18-20-14-16-21(28)17-15-20)26(32)19-31(24-12-8-9-13-25(24)36-3)37(34,35)22-10-6-5-7-11-22/h5-17,23H,4,18-19H2,1-3H3,(H,29,33)/t23-/m0/s1. The average molecular weight is 544 g/mol. The van der Waals surface area contributed by atoms with Crippen LogP contribution in [0.25, 0.3) is 0 Å². The number of ether oxygens (including phenoxy) is 1. The van der Waals surface area contributed by atoms with Crippen LogP contribution in [0.3, 0.4) is 0 Å². The van der Waals surface area contributed by atoms with Crippen molar-refractivity contribution in [1.29, 1.82) is 0 Å². The van der Waals surface area contributed by atoms with Crippen molar-refractivity contribution in [2.24, 2.45) is 0 Å². The van der Waals surface area contributed by atoms with Gasteiger partial charge in [-0.1, -0.05) is 61.0 Å². The van der Waals surface area contributed by atoms with Gasteiger partial charge in [-0.3, -0.25) is 13.9 Å². The lowest BCUT2D eigenvalue weighted by molar-refractivity contribution is -0.140. The second-order valence-electron chi connectivity index (χ2n) is 8.18. The number of benzene rings is 3. The van der Waals surface area contributed by atoms with Gasteiger partial charge in [-0.05, 0) is 48.4 Å². The van der Waals surface area contributed by atoms with Gasteiger partial charge in [0.25, 0.3) is 10.0 Å². The summed E-state index contributed by atoms with van der Waals surface area (Å²) in [5.41, 5.74) is 0.955. The van der Waals surface area contributed by atoms with Crippen LogP contribution in [0.5, 0.6) is 5.75 Å². The van der Waals surface area contributed by atoms with Crippen LogP contribution in [0, 0.1) is 0 Å². The van der Waals surface area contributed by atoms with Crippen LogP contribution in [-0.2, 0) is 26.2 Å². The van der Waals surface area contributed by atoms with Crippen LogP contribution >= 0.6 is 11.6 Å². The number of methoxy groups -OCH3 is 1. The fourth-order valence-electron chi connectivity index (χ4n) is 3.94. The van der Waals surface area contributed by atoms with Gasteiger partial charge in [0.05, 0.1) is 17.7 Å². The maximum atomic E-state index is 13.9. The van der Waals surface area contributed by atoms with Gasteiger partial charge in [0, 0.05) is 18.6 Å². The van der Waals surface area contributed by atoms with Gasteiger partial charge in [-0.25, -0.2) is 8.42 Å². The molecule has 0 aliphatic rings. The lowest BCUT2D eigenvalue weighted by Gasteiger charge is -2.33. The molecule has 0 bridgehead atoms. The Labute approximate surface area is 222 Å². The van der Waals surface area contributed by atoms with E-state index in [2.05, 4.69) is 5.32 Å². The molecule has 3 rings (SSSR count). The Hall–Kier alpha value is -3.56. The van der Waals surface area contributed by atoms with Gasteiger partial charge >= 0.3 is 0 Å². The topological polar surface area (TPSA) is 96.0 Å². The number of nitrogens with one attached hydrogen (secondary N) is 1. The number of nitrogens with zero attached hydrogens (tertiary/aromatic N) is 2. The summed E-state index contributed by atoms with van der Waals surface area (Å²) in [6.45, 7) is 1.34. The molecule has 0 radical (unpaired) electrons. The number of carbonyl (C=O) groups is 2. The van der Waals surface area contributed by atoms with Gasteiger partial charge in [0.2, 0.25) is 11.8 Å². The van der Waals surface area contributed by atoms with Gasteiger partial charge in [0.15, 0.2) is 0 Å². The molecule has 3 aromatic rings. The van der Waals surface area contributed by atoms with Gasteiger partial charge in [-0.2, -0.15) is 0 Å². The van der Waals surface area contributed by atoms with Crippen molar-refractivity contribution in [1.82, 2.24) is 10.2 Å². The monoisotopic (exact) mass is 543 g/mol. The highest BCUT2D eigenvalue weighted by atomic mass is 35.5. The van der Waals surface area contributed by atoms with Crippen molar-refractivity contribution in [3.05, 3.63) is 89.4 Å². The molecule has 0 aliphatic carbocycles. The number of amides is 2. The predicted octanol–water partition coefficient (Wildman–Crippen LogP) is 4.10. The van der Waals surface area contributed by atoms with Crippen LogP contribution < -0.4 is 14.4 Å². The van der Waals surface area contributed by atoms with Gasteiger partial charge < -0.3 is 15.0 Å². The zero-order chi connectivity index (χ0) is 27.0. The summed E-state index contributed by atoms with van der Waals surface area (Å²) >= 11 is 6.02. The molecule has 0 saturated heterocycles. The molecule has 0 fully saturated rings. The van der Waals surface area contributed by atoms with Crippen LogP contribution in [0.2, 0.25) is 5.02 Å². The molecular formula is C27H30ClN3O5S. The normalized spacial score (nSPS) is 11.9. The number of hydrogen-bond acceptors (Lipinski definition) is 5. The second kappa shape index (κ2) is 12.6.